The van der Waals surface area contributed by atoms with Crippen LogP contribution >= 0.6 is 0 Å². The summed E-state index contributed by atoms with van der Waals surface area (Å²) in [6.45, 7) is 1.65. The Bertz CT molecular complexity index is 769. The van der Waals surface area contributed by atoms with Gasteiger partial charge >= 0.3 is 0 Å². The molecule has 0 fully saturated rings. The number of rotatable bonds is 3. The van der Waals surface area contributed by atoms with Crippen LogP contribution in [0.5, 0.6) is 0 Å². The number of ketones is 1. The molecule has 0 aliphatic carbocycles. The average Bonchev–Trinajstić information content (AvgIpc) is 2.74. The van der Waals surface area contributed by atoms with E-state index in [-0.39, 0.29) is 5.78 Å². The van der Waals surface area contributed by atoms with Crippen LogP contribution in [0.1, 0.15) is 28.5 Å². The Kier molecular flexibility index (Phi) is 3.15. The van der Waals surface area contributed by atoms with Gasteiger partial charge in [-0.25, -0.2) is 0 Å². The van der Waals surface area contributed by atoms with Gasteiger partial charge in [0.15, 0.2) is 5.78 Å². The topological polar surface area (TPSA) is 22.0 Å². The van der Waals surface area contributed by atoms with Gasteiger partial charge in [0, 0.05) is 35.6 Å². The summed E-state index contributed by atoms with van der Waals surface area (Å²) in [6.07, 6.45) is 0.779. The molecule has 2 aromatic carbocycles. The van der Waals surface area contributed by atoms with E-state index in [4.69, 9.17) is 0 Å². The minimum atomic E-state index is 0.132. The summed E-state index contributed by atoms with van der Waals surface area (Å²) in [7, 11) is 2.03. The Morgan fingerprint density at radius 2 is 1.65 bits per heavy atom. The number of para-hydroxylation sites is 1. The van der Waals surface area contributed by atoms with Crippen LogP contribution in [-0.4, -0.2) is 10.4 Å². The molecule has 0 saturated heterocycles. The highest BCUT2D eigenvalue weighted by Crippen LogP contribution is 2.27. The first kappa shape index (κ1) is 12.7. The maximum absolute atomic E-state index is 12.1. The van der Waals surface area contributed by atoms with Gasteiger partial charge in [-0.1, -0.05) is 48.5 Å². The highest BCUT2D eigenvalue weighted by Gasteiger charge is 2.17. The number of aromatic nitrogens is 1. The summed E-state index contributed by atoms with van der Waals surface area (Å²) in [5.74, 6) is 0.132. The smallest absolute Gasteiger partial charge is 0.162 e. The number of benzene rings is 2. The van der Waals surface area contributed by atoms with Crippen molar-refractivity contribution in [3.05, 3.63) is 71.4 Å². The second kappa shape index (κ2) is 4.97. The molecule has 0 amide bonds. The van der Waals surface area contributed by atoms with Gasteiger partial charge in [-0.15, -0.1) is 0 Å². The molecule has 3 aromatic rings. The number of carbonyl (C=O) groups is 1. The molecule has 1 heterocycles. The van der Waals surface area contributed by atoms with Gasteiger partial charge in [0.25, 0.3) is 0 Å². The summed E-state index contributed by atoms with van der Waals surface area (Å²) in [4.78, 5) is 12.1. The Morgan fingerprint density at radius 3 is 2.35 bits per heavy atom. The third kappa shape index (κ3) is 2.03. The van der Waals surface area contributed by atoms with Crippen molar-refractivity contribution in [3.8, 4) is 0 Å². The molecule has 0 N–H and O–H groups in total. The molecule has 1 aromatic heterocycles. The second-order valence-corrected chi connectivity index (χ2v) is 5.12. The number of hydrogen-bond donors (Lipinski definition) is 0. The first-order valence-electron chi connectivity index (χ1n) is 6.79. The van der Waals surface area contributed by atoms with E-state index in [1.165, 1.54) is 5.56 Å². The van der Waals surface area contributed by atoms with Gasteiger partial charge in [0.2, 0.25) is 0 Å². The predicted octanol–water partition coefficient (Wildman–Crippen LogP) is 3.97. The van der Waals surface area contributed by atoms with Gasteiger partial charge < -0.3 is 4.57 Å². The minimum absolute atomic E-state index is 0.132. The van der Waals surface area contributed by atoms with E-state index in [9.17, 15) is 4.79 Å². The van der Waals surface area contributed by atoms with Crippen molar-refractivity contribution in [1.29, 1.82) is 0 Å². The SMILES string of the molecule is CC(=O)c1c(Cc2ccccc2)n(C)c2ccccc12. The molecule has 0 aliphatic heterocycles. The fourth-order valence-corrected chi connectivity index (χ4v) is 2.84. The van der Waals surface area contributed by atoms with Gasteiger partial charge in [-0.3, -0.25) is 4.79 Å². The van der Waals surface area contributed by atoms with Crippen LogP contribution in [0.3, 0.4) is 0 Å². The fourth-order valence-electron chi connectivity index (χ4n) is 2.84. The minimum Gasteiger partial charge on any atom is -0.347 e. The molecule has 0 aliphatic rings. The van der Waals surface area contributed by atoms with Crippen molar-refractivity contribution >= 4 is 16.7 Å². The monoisotopic (exact) mass is 263 g/mol. The van der Waals surface area contributed by atoms with Crippen LogP contribution in [0.2, 0.25) is 0 Å². The number of fused-ring (bicyclic) bond motifs is 1. The van der Waals surface area contributed by atoms with Crippen LogP contribution in [0.25, 0.3) is 10.9 Å². The first-order valence-corrected chi connectivity index (χ1v) is 6.79. The van der Waals surface area contributed by atoms with Crippen LogP contribution in [0.15, 0.2) is 54.6 Å². The molecule has 2 heteroatoms. The Labute approximate surface area is 118 Å². The lowest BCUT2D eigenvalue weighted by Crippen LogP contribution is -2.03. The maximum Gasteiger partial charge on any atom is 0.162 e. The Balaban J connectivity index is 2.21. The lowest BCUT2D eigenvalue weighted by atomic mass is 10.0. The van der Waals surface area contributed by atoms with E-state index >= 15 is 0 Å². The standard InChI is InChI=1S/C18H17NO/c1-13(20)18-15-10-6-7-11-16(15)19(2)17(18)12-14-8-4-3-5-9-14/h3-11H,12H2,1-2H3. The molecule has 20 heavy (non-hydrogen) atoms. The normalized spacial score (nSPS) is 10.9. The summed E-state index contributed by atoms with van der Waals surface area (Å²) in [5, 5.41) is 1.05. The van der Waals surface area contributed by atoms with E-state index in [1.54, 1.807) is 6.92 Å². The van der Waals surface area contributed by atoms with Crippen molar-refractivity contribution in [2.45, 2.75) is 13.3 Å². The van der Waals surface area contributed by atoms with E-state index in [2.05, 4.69) is 22.8 Å². The maximum atomic E-state index is 12.1. The van der Waals surface area contributed by atoms with Crippen LogP contribution in [0.4, 0.5) is 0 Å². The van der Waals surface area contributed by atoms with Crippen molar-refractivity contribution < 1.29 is 4.79 Å². The fraction of sp³-hybridized carbons (Fsp3) is 0.167. The van der Waals surface area contributed by atoms with E-state index in [1.807, 2.05) is 43.4 Å². The Morgan fingerprint density at radius 1 is 1.00 bits per heavy atom. The Hall–Kier alpha value is -2.35. The molecule has 0 radical (unpaired) electrons. The first-order chi connectivity index (χ1) is 9.68. The molecule has 0 atom stereocenters. The van der Waals surface area contributed by atoms with Crippen molar-refractivity contribution in [1.82, 2.24) is 4.57 Å². The summed E-state index contributed by atoms with van der Waals surface area (Å²) in [5.41, 5.74) is 4.28. The zero-order valence-electron chi connectivity index (χ0n) is 11.8. The number of carbonyl (C=O) groups excluding carboxylic acids is 1. The molecular formula is C18H17NO. The van der Waals surface area contributed by atoms with Crippen LogP contribution in [-0.2, 0) is 13.5 Å². The van der Waals surface area contributed by atoms with E-state index in [0.717, 1.165) is 28.6 Å². The zero-order chi connectivity index (χ0) is 14.1. The average molecular weight is 263 g/mol. The van der Waals surface area contributed by atoms with Gasteiger partial charge in [0.1, 0.15) is 0 Å². The predicted molar refractivity (Wildman–Crippen MR) is 82.2 cm³/mol. The van der Waals surface area contributed by atoms with Crippen LogP contribution in [0, 0.1) is 0 Å². The summed E-state index contributed by atoms with van der Waals surface area (Å²) < 4.78 is 2.14. The van der Waals surface area contributed by atoms with Gasteiger partial charge in [-0.05, 0) is 18.6 Å². The molecule has 100 valence electrons. The number of nitrogens with zero attached hydrogens (tertiary/aromatic N) is 1. The van der Waals surface area contributed by atoms with E-state index in [0.29, 0.717) is 0 Å². The third-order valence-corrected chi connectivity index (χ3v) is 3.79. The molecular weight excluding hydrogens is 246 g/mol. The van der Waals surface area contributed by atoms with Crippen LogP contribution < -0.4 is 0 Å². The molecule has 0 bridgehead atoms. The summed E-state index contributed by atoms with van der Waals surface area (Å²) in [6, 6.07) is 18.4. The summed E-state index contributed by atoms with van der Waals surface area (Å²) >= 11 is 0. The zero-order valence-corrected chi connectivity index (χ0v) is 11.8. The second-order valence-electron chi connectivity index (χ2n) is 5.12. The van der Waals surface area contributed by atoms with E-state index < -0.39 is 0 Å². The van der Waals surface area contributed by atoms with Crippen molar-refractivity contribution in [2.24, 2.45) is 7.05 Å². The van der Waals surface area contributed by atoms with Crippen molar-refractivity contribution in [2.75, 3.05) is 0 Å². The molecule has 0 unspecified atom stereocenters. The largest absolute Gasteiger partial charge is 0.347 e. The van der Waals surface area contributed by atoms with Gasteiger partial charge in [0.05, 0.1) is 0 Å². The number of Topliss-reactive ketones (excluding diaryl/α,β-unsaturated/α-hetero) is 1. The molecule has 3 rings (SSSR count). The molecule has 0 saturated carbocycles. The van der Waals surface area contributed by atoms with Crippen molar-refractivity contribution in [3.63, 3.8) is 0 Å². The van der Waals surface area contributed by atoms with Gasteiger partial charge in [-0.2, -0.15) is 0 Å². The lowest BCUT2D eigenvalue weighted by Gasteiger charge is -2.06. The lowest BCUT2D eigenvalue weighted by molar-refractivity contribution is 0.101. The molecule has 2 nitrogen and oxygen atoms in total. The highest BCUT2D eigenvalue weighted by atomic mass is 16.1. The molecule has 0 spiro atoms. The highest BCUT2D eigenvalue weighted by molar-refractivity contribution is 6.08. The number of hydrogen-bond acceptors (Lipinski definition) is 1. The quantitative estimate of drug-likeness (QED) is 0.655. The third-order valence-electron chi connectivity index (χ3n) is 3.79. The number of aryl methyl sites for hydroxylation is 1.